The number of rotatable bonds is 4. The number of piperidine rings is 2. The highest BCUT2D eigenvalue weighted by molar-refractivity contribution is 5.87. The average Bonchev–Trinajstić information content (AvgIpc) is 3.61. The van der Waals surface area contributed by atoms with Crippen LogP contribution in [0.5, 0.6) is 0 Å². The molecule has 4 aliphatic heterocycles. The molecule has 50 heavy (non-hydrogen) atoms. The highest BCUT2D eigenvalue weighted by Gasteiger charge is 2.52. The normalized spacial score (nSPS) is 33.3. The Kier molecular flexibility index (Phi) is 10.4. The molecule has 0 unspecified atom stereocenters. The monoisotopic (exact) mass is 692 g/mol. The maximum absolute atomic E-state index is 13.3. The molecule has 8 nitrogen and oxygen atoms in total. The SMILES string of the molecule is O=C1N(C2CCC(O)CC2)CC[C@]12CCCN(c1ccc(F)cc1)C2.O=C1N(C2CCC(O)CC2)CC[C@]12CCCN(c1ccc(F)cc1)C2. The smallest absolute Gasteiger partial charge is 0.230 e. The zero-order valence-corrected chi connectivity index (χ0v) is 29.3. The van der Waals surface area contributed by atoms with Gasteiger partial charge in [0.15, 0.2) is 0 Å². The van der Waals surface area contributed by atoms with Crippen LogP contribution in [0.1, 0.15) is 89.9 Å². The first-order chi connectivity index (χ1) is 24.1. The van der Waals surface area contributed by atoms with Crippen molar-refractivity contribution >= 4 is 23.2 Å². The molecule has 8 rings (SSSR count). The number of carbonyl (C=O) groups excluding carboxylic acids is 2. The van der Waals surface area contributed by atoms with E-state index in [1.807, 2.05) is 24.3 Å². The molecule has 2 aliphatic carbocycles. The molecule has 0 aromatic heterocycles. The summed E-state index contributed by atoms with van der Waals surface area (Å²) in [5.41, 5.74) is 1.46. The van der Waals surface area contributed by atoms with Crippen LogP contribution in [0.15, 0.2) is 48.5 Å². The molecule has 6 aliphatic rings. The Labute approximate surface area is 295 Å². The Morgan fingerprint density at radius 1 is 0.520 bits per heavy atom. The van der Waals surface area contributed by atoms with Gasteiger partial charge in [0.2, 0.25) is 11.8 Å². The van der Waals surface area contributed by atoms with Gasteiger partial charge in [0.1, 0.15) is 11.6 Å². The maximum Gasteiger partial charge on any atom is 0.230 e. The quantitative estimate of drug-likeness (QED) is 0.416. The summed E-state index contributed by atoms with van der Waals surface area (Å²) in [6, 6.07) is 13.8. The molecule has 2 aromatic rings. The first kappa shape index (κ1) is 35.2. The number of halogens is 2. The van der Waals surface area contributed by atoms with E-state index >= 15 is 0 Å². The summed E-state index contributed by atoms with van der Waals surface area (Å²) < 4.78 is 26.4. The van der Waals surface area contributed by atoms with Crippen molar-refractivity contribution in [3.63, 3.8) is 0 Å². The number of aliphatic hydroxyl groups excluding tert-OH is 2. The van der Waals surface area contributed by atoms with Crippen molar-refractivity contribution in [3.05, 3.63) is 60.2 Å². The third kappa shape index (κ3) is 7.25. The molecule has 0 bridgehead atoms. The number of aliphatic hydroxyl groups is 2. The minimum absolute atomic E-state index is 0.188. The van der Waals surface area contributed by atoms with Crippen LogP contribution in [-0.4, -0.2) is 95.4 Å². The minimum atomic E-state index is -0.275. The minimum Gasteiger partial charge on any atom is -0.393 e. The molecular weight excluding hydrogens is 638 g/mol. The topological polar surface area (TPSA) is 87.6 Å². The van der Waals surface area contributed by atoms with Crippen molar-refractivity contribution in [2.45, 2.75) is 114 Å². The van der Waals surface area contributed by atoms with Gasteiger partial charge in [0, 0.05) is 62.7 Å². The summed E-state index contributed by atoms with van der Waals surface area (Å²) >= 11 is 0. The molecule has 4 saturated heterocycles. The fourth-order valence-electron chi connectivity index (χ4n) is 9.90. The van der Waals surface area contributed by atoms with E-state index in [0.29, 0.717) is 23.9 Å². The number of anilines is 2. The molecule has 272 valence electrons. The van der Waals surface area contributed by atoms with Crippen molar-refractivity contribution in [2.75, 3.05) is 49.1 Å². The second-order valence-electron chi connectivity index (χ2n) is 16.0. The van der Waals surface area contributed by atoms with Gasteiger partial charge in [-0.2, -0.15) is 0 Å². The summed E-state index contributed by atoms with van der Waals surface area (Å²) in [6.45, 7) is 5.02. The second kappa shape index (κ2) is 14.8. The van der Waals surface area contributed by atoms with Crippen molar-refractivity contribution in [2.24, 2.45) is 10.8 Å². The van der Waals surface area contributed by atoms with E-state index in [1.54, 1.807) is 0 Å². The predicted molar refractivity (Wildman–Crippen MR) is 190 cm³/mol. The summed E-state index contributed by atoms with van der Waals surface area (Å²) in [7, 11) is 0. The first-order valence-electron chi connectivity index (χ1n) is 19.1. The number of hydrogen-bond acceptors (Lipinski definition) is 6. The standard InChI is InChI=1S/2C20H27FN2O2/c2*21-15-2-4-16(5-3-15)22-12-1-10-20(14-22)11-13-23(19(20)25)17-6-8-18(24)9-7-17/h2*2-5,17-18,24H,1,6-14H2/t2*17?,18?,20-/m00/s1. The Hall–Kier alpha value is -3.24. The molecule has 2 atom stereocenters. The number of nitrogens with zero attached hydrogens (tertiary/aromatic N) is 4. The fraction of sp³-hybridized carbons (Fsp3) is 0.650. The van der Waals surface area contributed by atoms with Crippen molar-refractivity contribution in [1.29, 1.82) is 0 Å². The van der Waals surface area contributed by atoms with E-state index in [0.717, 1.165) is 141 Å². The Morgan fingerprint density at radius 3 is 1.24 bits per heavy atom. The van der Waals surface area contributed by atoms with Gasteiger partial charge in [-0.25, -0.2) is 8.78 Å². The lowest BCUT2D eigenvalue weighted by Crippen LogP contribution is -2.50. The summed E-state index contributed by atoms with van der Waals surface area (Å²) in [5.74, 6) is 0.164. The number of hydrogen-bond donors (Lipinski definition) is 2. The van der Waals surface area contributed by atoms with Gasteiger partial charge >= 0.3 is 0 Å². The van der Waals surface area contributed by atoms with Crippen LogP contribution in [0.2, 0.25) is 0 Å². The molecule has 2 amide bonds. The molecule has 2 spiro atoms. The van der Waals surface area contributed by atoms with Gasteiger partial charge < -0.3 is 29.8 Å². The third-order valence-corrected chi connectivity index (χ3v) is 12.8. The molecule has 4 heterocycles. The number of likely N-dealkylation sites (tertiary alicyclic amines) is 2. The Morgan fingerprint density at radius 2 is 0.880 bits per heavy atom. The lowest BCUT2D eigenvalue weighted by atomic mass is 9.78. The third-order valence-electron chi connectivity index (χ3n) is 12.8. The van der Waals surface area contributed by atoms with Crippen LogP contribution in [-0.2, 0) is 9.59 Å². The van der Waals surface area contributed by atoms with E-state index in [9.17, 15) is 28.6 Å². The highest BCUT2D eigenvalue weighted by atomic mass is 19.1. The van der Waals surface area contributed by atoms with Crippen molar-refractivity contribution in [1.82, 2.24) is 9.80 Å². The van der Waals surface area contributed by atoms with E-state index in [1.165, 1.54) is 24.3 Å². The van der Waals surface area contributed by atoms with Crippen molar-refractivity contribution in [3.8, 4) is 0 Å². The van der Waals surface area contributed by atoms with E-state index in [2.05, 4.69) is 19.6 Å². The van der Waals surface area contributed by atoms with E-state index in [4.69, 9.17) is 0 Å². The molecule has 10 heteroatoms. The zero-order valence-electron chi connectivity index (χ0n) is 29.3. The van der Waals surface area contributed by atoms with Gasteiger partial charge in [0.05, 0.1) is 23.0 Å². The highest BCUT2D eigenvalue weighted by Crippen LogP contribution is 2.45. The number of benzene rings is 2. The molecular formula is C40H54F2N4O4. The Bertz CT molecular complexity index is 1370. The molecule has 0 radical (unpaired) electrons. The lowest BCUT2D eigenvalue weighted by molar-refractivity contribution is -0.140. The maximum atomic E-state index is 13.3. The van der Waals surface area contributed by atoms with Gasteiger partial charge in [-0.1, -0.05) is 0 Å². The summed E-state index contributed by atoms with van der Waals surface area (Å²) in [6.07, 6.45) is 12.3. The van der Waals surface area contributed by atoms with Gasteiger partial charge in [-0.3, -0.25) is 9.59 Å². The number of carbonyl (C=O) groups is 2. The lowest BCUT2D eigenvalue weighted by Gasteiger charge is -2.41. The van der Waals surface area contributed by atoms with Gasteiger partial charge in [0.25, 0.3) is 0 Å². The largest absolute Gasteiger partial charge is 0.393 e. The van der Waals surface area contributed by atoms with Crippen LogP contribution < -0.4 is 9.80 Å². The number of amides is 2. The van der Waals surface area contributed by atoms with E-state index < -0.39 is 0 Å². The average molecular weight is 693 g/mol. The van der Waals surface area contributed by atoms with Crippen molar-refractivity contribution < 1.29 is 28.6 Å². The second-order valence-corrected chi connectivity index (χ2v) is 16.0. The molecule has 2 aromatic carbocycles. The molecule has 2 saturated carbocycles. The Balaban J connectivity index is 0.000000157. The summed E-state index contributed by atoms with van der Waals surface area (Å²) in [4.78, 5) is 35.2. The van der Waals surface area contributed by atoms with Crippen LogP contribution in [0.3, 0.4) is 0 Å². The predicted octanol–water partition coefficient (Wildman–Crippen LogP) is 5.90. The molecule has 6 fully saturated rings. The van der Waals surface area contributed by atoms with Crippen LogP contribution >= 0.6 is 0 Å². The fourth-order valence-corrected chi connectivity index (χ4v) is 9.90. The zero-order chi connectivity index (χ0) is 34.9. The van der Waals surface area contributed by atoms with Crippen LogP contribution in [0.4, 0.5) is 20.2 Å². The van der Waals surface area contributed by atoms with E-state index in [-0.39, 0.29) is 34.7 Å². The van der Waals surface area contributed by atoms with Crippen LogP contribution in [0, 0.1) is 22.5 Å². The first-order valence-corrected chi connectivity index (χ1v) is 19.1. The van der Waals surface area contributed by atoms with Crippen LogP contribution in [0.25, 0.3) is 0 Å². The molecule has 2 N–H and O–H groups in total. The van der Waals surface area contributed by atoms with Gasteiger partial charge in [-0.15, -0.1) is 0 Å². The van der Waals surface area contributed by atoms with Gasteiger partial charge in [-0.05, 0) is 138 Å². The summed E-state index contributed by atoms with van der Waals surface area (Å²) in [5, 5.41) is 19.4.